The molecule has 0 spiro atoms. The molecule has 166 valence electrons. The Bertz CT molecular complexity index is 1270. The van der Waals surface area contributed by atoms with E-state index in [-0.39, 0.29) is 18.2 Å². The van der Waals surface area contributed by atoms with Crippen LogP contribution in [0.1, 0.15) is 45.6 Å². The standard InChI is InChI=1S/C23H25N5O3S/c1-6-28-10-17(15(4)26-28)19-12-32-23(24-19)25-22(29)21-18(16(5)31-27-21)11-30-20-9-7-8-13(2)14(20)3/h7-10,12H,6,11H2,1-5H3,(H,24,25,29). The van der Waals surface area contributed by atoms with Crippen LogP contribution in [0.3, 0.4) is 0 Å². The summed E-state index contributed by atoms with van der Waals surface area (Å²) in [6.45, 7) is 10.7. The summed E-state index contributed by atoms with van der Waals surface area (Å²) in [4.78, 5) is 17.5. The second-order valence-corrected chi connectivity index (χ2v) is 8.39. The Labute approximate surface area is 190 Å². The number of carbonyl (C=O) groups is 1. The lowest BCUT2D eigenvalue weighted by atomic mass is 10.1. The number of hydrogen-bond acceptors (Lipinski definition) is 7. The number of thiazole rings is 1. The summed E-state index contributed by atoms with van der Waals surface area (Å²) in [5.41, 5.74) is 5.63. The lowest BCUT2D eigenvalue weighted by Gasteiger charge is -2.11. The molecule has 0 aliphatic carbocycles. The molecular formula is C23H25N5O3S. The Hall–Kier alpha value is -3.46. The van der Waals surface area contributed by atoms with Crippen molar-refractivity contribution in [2.24, 2.45) is 0 Å². The number of aryl methyl sites for hydroxylation is 4. The molecule has 0 saturated carbocycles. The van der Waals surface area contributed by atoms with Crippen molar-refractivity contribution in [3.8, 4) is 17.0 Å². The van der Waals surface area contributed by atoms with Gasteiger partial charge in [0.1, 0.15) is 18.1 Å². The smallest absolute Gasteiger partial charge is 0.280 e. The zero-order chi connectivity index (χ0) is 22.8. The third-order valence-corrected chi connectivity index (χ3v) is 6.16. The Kier molecular flexibility index (Phi) is 6.09. The second-order valence-electron chi connectivity index (χ2n) is 7.53. The number of amides is 1. The van der Waals surface area contributed by atoms with E-state index in [1.165, 1.54) is 11.3 Å². The highest BCUT2D eigenvalue weighted by molar-refractivity contribution is 7.14. The molecule has 1 N–H and O–H groups in total. The van der Waals surface area contributed by atoms with Gasteiger partial charge >= 0.3 is 0 Å². The van der Waals surface area contributed by atoms with Crippen LogP contribution >= 0.6 is 11.3 Å². The molecule has 4 rings (SSSR count). The van der Waals surface area contributed by atoms with E-state index in [1.807, 2.05) is 62.2 Å². The minimum absolute atomic E-state index is 0.181. The normalized spacial score (nSPS) is 11.0. The average Bonchev–Trinajstić information content (AvgIpc) is 3.47. The van der Waals surface area contributed by atoms with Crippen molar-refractivity contribution in [3.63, 3.8) is 0 Å². The zero-order valence-corrected chi connectivity index (χ0v) is 19.5. The number of nitrogens with one attached hydrogen (secondary N) is 1. The Morgan fingerprint density at radius 2 is 2.06 bits per heavy atom. The Morgan fingerprint density at radius 3 is 2.81 bits per heavy atom. The van der Waals surface area contributed by atoms with Crippen LogP contribution in [-0.4, -0.2) is 25.8 Å². The van der Waals surface area contributed by atoms with Crippen molar-refractivity contribution in [1.29, 1.82) is 0 Å². The van der Waals surface area contributed by atoms with E-state index in [9.17, 15) is 4.79 Å². The van der Waals surface area contributed by atoms with Gasteiger partial charge in [-0.1, -0.05) is 17.3 Å². The minimum Gasteiger partial charge on any atom is -0.488 e. The van der Waals surface area contributed by atoms with Crippen LogP contribution in [0.25, 0.3) is 11.3 Å². The fraction of sp³-hybridized carbons (Fsp3) is 0.304. The number of anilines is 1. The zero-order valence-electron chi connectivity index (χ0n) is 18.7. The van der Waals surface area contributed by atoms with Crippen molar-refractivity contribution in [2.45, 2.75) is 47.8 Å². The molecule has 4 aromatic rings. The first-order valence-electron chi connectivity index (χ1n) is 10.3. The number of carbonyl (C=O) groups excluding carboxylic acids is 1. The predicted molar refractivity (Wildman–Crippen MR) is 123 cm³/mol. The molecule has 32 heavy (non-hydrogen) atoms. The first-order chi connectivity index (χ1) is 15.4. The molecule has 0 radical (unpaired) electrons. The molecule has 0 fully saturated rings. The van der Waals surface area contributed by atoms with Crippen LogP contribution in [0.5, 0.6) is 5.75 Å². The van der Waals surface area contributed by atoms with Crippen molar-refractivity contribution in [2.75, 3.05) is 5.32 Å². The SMILES string of the molecule is CCn1cc(-c2csc(NC(=O)c3noc(C)c3COc3cccc(C)c3C)n2)c(C)n1. The van der Waals surface area contributed by atoms with E-state index >= 15 is 0 Å². The number of nitrogens with zero attached hydrogens (tertiary/aromatic N) is 4. The molecule has 0 unspecified atom stereocenters. The van der Waals surface area contributed by atoms with Crippen LogP contribution < -0.4 is 10.1 Å². The summed E-state index contributed by atoms with van der Waals surface area (Å²) in [6, 6.07) is 5.88. The van der Waals surface area contributed by atoms with E-state index in [1.54, 1.807) is 6.92 Å². The van der Waals surface area contributed by atoms with Gasteiger partial charge in [-0.2, -0.15) is 5.10 Å². The minimum atomic E-state index is -0.386. The first kappa shape index (κ1) is 21.8. The molecule has 9 heteroatoms. The van der Waals surface area contributed by atoms with E-state index < -0.39 is 0 Å². The lowest BCUT2D eigenvalue weighted by Crippen LogP contribution is -2.15. The molecule has 3 aromatic heterocycles. The highest BCUT2D eigenvalue weighted by Gasteiger charge is 2.22. The van der Waals surface area contributed by atoms with Crippen LogP contribution in [0.2, 0.25) is 0 Å². The topological polar surface area (TPSA) is 95.1 Å². The predicted octanol–water partition coefficient (Wildman–Crippen LogP) is 5.08. The molecule has 0 aliphatic heterocycles. The molecule has 8 nitrogen and oxygen atoms in total. The molecule has 0 saturated heterocycles. The van der Waals surface area contributed by atoms with E-state index in [2.05, 4.69) is 20.6 Å². The number of rotatable bonds is 7. The number of benzene rings is 1. The van der Waals surface area contributed by atoms with Gasteiger partial charge in [0, 0.05) is 23.7 Å². The highest BCUT2D eigenvalue weighted by Crippen LogP contribution is 2.28. The molecule has 0 aliphatic rings. The molecule has 1 amide bonds. The fourth-order valence-corrected chi connectivity index (χ4v) is 4.02. The molecule has 0 bridgehead atoms. The third-order valence-electron chi connectivity index (χ3n) is 5.40. The quantitative estimate of drug-likeness (QED) is 0.421. The van der Waals surface area contributed by atoms with Crippen LogP contribution in [-0.2, 0) is 13.2 Å². The largest absolute Gasteiger partial charge is 0.488 e. The first-order valence-corrected chi connectivity index (χ1v) is 11.2. The van der Waals surface area contributed by atoms with Gasteiger partial charge < -0.3 is 9.26 Å². The number of hydrogen-bond donors (Lipinski definition) is 1. The van der Waals surface area contributed by atoms with Gasteiger partial charge in [0.2, 0.25) is 0 Å². The van der Waals surface area contributed by atoms with E-state index in [4.69, 9.17) is 9.26 Å². The van der Waals surface area contributed by atoms with Crippen LogP contribution in [0.4, 0.5) is 5.13 Å². The van der Waals surface area contributed by atoms with Crippen LogP contribution in [0, 0.1) is 27.7 Å². The van der Waals surface area contributed by atoms with E-state index in [0.29, 0.717) is 16.5 Å². The average molecular weight is 452 g/mol. The summed E-state index contributed by atoms with van der Waals surface area (Å²) >= 11 is 1.35. The summed E-state index contributed by atoms with van der Waals surface area (Å²) < 4.78 is 13.1. The second kappa shape index (κ2) is 8.96. The van der Waals surface area contributed by atoms with Crippen molar-refractivity contribution >= 4 is 22.4 Å². The van der Waals surface area contributed by atoms with Gasteiger partial charge in [0.15, 0.2) is 10.8 Å². The van der Waals surface area contributed by atoms with Crippen molar-refractivity contribution < 1.29 is 14.1 Å². The van der Waals surface area contributed by atoms with Gasteiger partial charge in [-0.15, -0.1) is 11.3 Å². The maximum Gasteiger partial charge on any atom is 0.280 e. The van der Waals surface area contributed by atoms with Gasteiger partial charge in [-0.05, 0) is 51.8 Å². The Balaban J connectivity index is 1.49. The Morgan fingerprint density at radius 1 is 1.25 bits per heavy atom. The van der Waals surface area contributed by atoms with E-state index in [0.717, 1.165) is 40.4 Å². The van der Waals surface area contributed by atoms with Crippen molar-refractivity contribution in [3.05, 3.63) is 63.6 Å². The van der Waals surface area contributed by atoms with Gasteiger partial charge in [-0.25, -0.2) is 4.98 Å². The summed E-state index contributed by atoms with van der Waals surface area (Å²) in [6.07, 6.45) is 1.96. The van der Waals surface area contributed by atoms with Crippen molar-refractivity contribution in [1.82, 2.24) is 19.9 Å². The molecular weight excluding hydrogens is 426 g/mol. The summed E-state index contributed by atoms with van der Waals surface area (Å²) in [7, 11) is 0. The molecule has 0 atom stereocenters. The van der Waals surface area contributed by atoms with Crippen LogP contribution in [0.15, 0.2) is 34.3 Å². The maximum atomic E-state index is 12.9. The van der Waals surface area contributed by atoms with Gasteiger partial charge in [0.25, 0.3) is 5.91 Å². The fourth-order valence-electron chi connectivity index (χ4n) is 3.31. The lowest BCUT2D eigenvalue weighted by molar-refractivity contribution is 0.101. The molecule has 3 heterocycles. The van der Waals surface area contributed by atoms with Gasteiger partial charge in [-0.3, -0.25) is 14.8 Å². The van der Waals surface area contributed by atoms with Gasteiger partial charge in [0.05, 0.1) is 17.0 Å². The third kappa shape index (κ3) is 4.29. The maximum absolute atomic E-state index is 12.9. The molecule has 1 aromatic carbocycles. The number of ether oxygens (including phenoxy) is 1. The highest BCUT2D eigenvalue weighted by atomic mass is 32.1. The monoisotopic (exact) mass is 451 g/mol. The summed E-state index contributed by atoms with van der Waals surface area (Å²) in [5.74, 6) is 0.927. The summed E-state index contributed by atoms with van der Waals surface area (Å²) in [5, 5.41) is 13.6. The number of aromatic nitrogens is 4.